The molecule has 6 nitrogen and oxygen atoms in total. The minimum absolute atomic E-state index is 0.0545. The van der Waals surface area contributed by atoms with Crippen LogP contribution in [0.25, 0.3) is 0 Å². The molecule has 0 radical (unpaired) electrons. The molecule has 2 aliphatic heterocycles. The first kappa shape index (κ1) is 19.7. The second kappa shape index (κ2) is 9.74. The third kappa shape index (κ3) is 5.48. The second-order valence-electron chi connectivity index (χ2n) is 7.95. The molecule has 1 N–H and O–H groups in total. The monoisotopic (exact) mass is 393 g/mol. The zero-order chi connectivity index (χ0) is 19.9. The van der Waals surface area contributed by atoms with Gasteiger partial charge in [-0.15, -0.1) is 0 Å². The van der Waals surface area contributed by atoms with Crippen LogP contribution in [0.5, 0.6) is 0 Å². The SMILES string of the molecule is O=C(CN1CCN(c2ccccn2)CC1)Nc1ccc(N2CCCCCC2)cc1. The number of carbonyl (C=O) groups is 1. The van der Waals surface area contributed by atoms with Crippen molar-refractivity contribution in [1.82, 2.24) is 9.88 Å². The lowest BCUT2D eigenvalue weighted by Crippen LogP contribution is -2.48. The number of piperazine rings is 1. The Balaban J connectivity index is 1.23. The average Bonchev–Trinajstić information content (AvgIpc) is 3.05. The van der Waals surface area contributed by atoms with E-state index >= 15 is 0 Å². The Morgan fingerprint density at radius 2 is 1.55 bits per heavy atom. The number of aromatic nitrogens is 1. The zero-order valence-corrected chi connectivity index (χ0v) is 17.1. The van der Waals surface area contributed by atoms with Gasteiger partial charge in [-0.25, -0.2) is 4.98 Å². The number of nitrogens with zero attached hydrogens (tertiary/aromatic N) is 4. The minimum Gasteiger partial charge on any atom is -0.372 e. The Kier molecular flexibility index (Phi) is 6.62. The van der Waals surface area contributed by atoms with Gasteiger partial charge in [-0.2, -0.15) is 0 Å². The van der Waals surface area contributed by atoms with E-state index in [0.29, 0.717) is 6.54 Å². The summed E-state index contributed by atoms with van der Waals surface area (Å²) in [5.41, 5.74) is 2.14. The van der Waals surface area contributed by atoms with Gasteiger partial charge in [0.05, 0.1) is 6.54 Å². The van der Waals surface area contributed by atoms with Crippen LogP contribution in [0.15, 0.2) is 48.7 Å². The van der Waals surface area contributed by atoms with Crippen LogP contribution in [-0.2, 0) is 4.79 Å². The molecule has 154 valence electrons. The Hall–Kier alpha value is -2.60. The first-order valence-electron chi connectivity index (χ1n) is 10.8. The molecule has 2 aromatic rings. The van der Waals surface area contributed by atoms with Crippen molar-refractivity contribution < 1.29 is 4.79 Å². The molecule has 1 amide bonds. The maximum absolute atomic E-state index is 12.5. The van der Waals surface area contributed by atoms with Crippen LogP contribution < -0.4 is 15.1 Å². The molecule has 6 heteroatoms. The minimum atomic E-state index is 0.0545. The van der Waals surface area contributed by atoms with E-state index in [-0.39, 0.29) is 5.91 Å². The van der Waals surface area contributed by atoms with Gasteiger partial charge in [0, 0.05) is 56.8 Å². The number of nitrogens with one attached hydrogen (secondary N) is 1. The fraction of sp³-hybridized carbons (Fsp3) is 0.478. The lowest BCUT2D eigenvalue weighted by Gasteiger charge is -2.34. The van der Waals surface area contributed by atoms with Gasteiger partial charge in [-0.1, -0.05) is 18.9 Å². The average molecular weight is 394 g/mol. The summed E-state index contributed by atoms with van der Waals surface area (Å²) in [7, 11) is 0. The molecule has 0 unspecified atom stereocenters. The van der Waals surface area contributed by atoms with E-state index in [0.717, 1.165) is 50.8 Å². The normalized spacial score (nSPS) is 18.3. The van der Waals surface area contributed by atoms with Crippen molar-refractivity contribution in [2.45, 2.75) is 25.7 Å². The Labute approximate surface area is 173 Å². The molecular weight excluding hydrogens is 362 g/mol. The van der Waals surface area contributed by atoms with Crippen LogP contribution in [0.3, 0.4) is 0 Å². The highest BCUT2D eigenvalue weighted by Crippen LogP contribution is 2.21. The van der Waals surface area contributed by atoms with E-state index < -0.39 is 0 Å². The lowest BCUT2D eigenvalue weighted by atomic mass is 10.2. The highest BCUT2D eigenvalue weighted by molar-refractivity contribution is 5.92. The number of hydrogen-bond acceptors (Lipinski definition) is 5. The molecule has 1 aromatic carbocycles. The van der Waals surface area contributed by atoms with Crippen molar-refractivity contribution in [2.75, 3.05) is 60.9 Å². The van der Waals surface area contributed by atoms with E-state index in [1.807, 2.05) is 36.5 Å². The number of rotatable bonds is 5. The molecule has 29 heavy (non-hydrogen) atoms. The smallest absolute Gasteiger partial charge is 0.238 e. The summed E-state index contributed by atoms with van der Waals surface area (Å²) in [4.78, 5) is 23.8. The third-order valence-corrected chi connectivity index (χ3v) is 5.84. The van der Waals surface area contributed by atoms with Crippen LogP contribution >= 0.6 is 0 Å². The number of benzene rings is 1. The number of amides is 1. The number of hydrogen-bond donors (Lipinski definition) is 1. The predicted octanol–water partition coefficient (Wildman–Crippen LogP) is 3.22. The van der Waals surface area contributed by atoms with Crippen molar-refractivity contribution >= 4 is 23.1 Å². The number of pyridine rings is 1. The van der Waals surface area contributed by atoms with Gasteiger partial charge < -0.3 is 15.1 Å². The highest BCUT2D eigenvalue weighted by Gasteiger charge is 2.19. The Morgan fingerprint density at radius 1 is 0.828 bits per heavy atom. The fourth-order valence-corrected chi connectivity index (χ4v) is 4.16. The summed E-state index contributed by atoms with van der Waals surface area (Å²) in [6.45, 7) is 6.25. The summed E-state index contributed by atoms with van der Waals surface area (Å²) in [6, 6.07) is 14.3. The topological polar surface area (TPSA) is 51.7 Å². The molecule has 2 fully saturated rings. The molecule has 4 rings (SSSR count). The third-order valence-electron chi connectivity index (χ3n) is 5.84. The standard InChI is InChI=1S/C23H31N5O/c29-23(19-26-15-17-28(18-16-26)22-7-3-4-12-24-22)25-20-8-10-21(11-9-20)27-13-5-1-2-6-14-27/h3-4,7-12H,1-2,5-6,13-19H2,(H,25,29). The van der Waals surface area contributed by atoms with E-state index in [1.54, 1.807) is 0 Å². The van der Waals surface area contributed by atoms with Crippen molar-refractivity contribution in [1.29, 1.82) is 0 Å². The summed E-state index contributed by atoms with van der Waals surface area (Å²) in [5, 5.41) is 3.05. The van der Waals surface area contributed by atoms with Gasteiger partial charge in [0.15, 0.2) is 0 Å². The number of carbonyl (C=O) groups excluding carboxylic acids is 1. The van der Waals surface area contributed by atoms with Crippen LogP contribution in [0, 0.1) is 0 Å². The molecule has 0 atom stereocenters. The fourth-order valence-electron chi connectivity index (χ4n) is 4.16. The predicted molar refractivity (Wildman–Crippen MR) is 119 cm³/mol. The first-order chi connectivity index (χ1) is 14.3. The van der Waals surface area contributed by atoms with Gasteiger partial charge in [0.25, 0.3) is 0 Å². The highest BCUT2D eigenvalue weighted by atomic mass is 16.2. The number of anilines is 3. The molecule has 2 saturated heterocycles. The van der Waals surface area contributed by atoms with Crippen LogP contribution in [0.2, 0.25) is 0 Å². The van der Waals surface area contributed by atoms with E-state index in [9.17, 15) is 4.79 Å². The largest absolute Gasteiger partial charge is 0.372 e. The van der Waals surface area contributed by atoms with Crippen molar-refractivity contribution in [3.63, 3.8) is 0 Å². The van der Waals surface area contributed by atoms with Crippen molar-refractivity contribution in [2.24, 2.45) is 0 Å². The lowest BCUT2D eigenvalue weighted by molar-refractivity contribution is -0.117. The molecule has 0 bridgehead atoms. The molecule has 3 heterocycles. The van der Waals surface area contributed by atoms with Crippen molar-refractivity contribution in [3.05, 3.63) is 48.7 Å². The van der Waals surface area contributed by atoms with Gasteiger partial charge in [-0.3, -0.25) is 9.69 Å². The van der Waals surface area contributed by atoms with E-state index in [2.05, 4.69) is 37.1 Å². The Bertz CT molecular complexity index is 764. The maximum atomic E-state index is 12.5. The Morgan fingerprint density at radius 3 is 2.21 bits per heavy atom. The van der Waals surface area contributed by atoms with E-state index in [1.165, 1.54) is 31.4 Å². The summed E-state index contributed by atoms with van der Waals surface area (Å²) in [5.74, 6) is 1.07. The molecule has 1 aromatic heterocycles. The van der Waals surface area contributed by atoms with Gasteiger partial charge >= 0.3 is 0 Å². The van der Waals surface area contributed by atoms with Crippen LogP contribution in [0.1, 0.15) is 25.7 Å². The molecule has 0 aliphatic carbocycles. The quantitative estimate of drug-likeness (QED) is 0.845. The van der Waals surface area contributed by atoms with Gasteiger partial charge in [0.1, 0.15) is 5.82 Å². The first-order valence-corrected chi connectivity index (χ1v) is 10.8. The van der Waals surface area contributed by atoms with Crippen LogP contribution in [-0.4, -0.2) is 61.6 Å². The maximum Gasteiger partial charge on any atom is 0.238 e. The van der Waals surface area contributed by atoms with Gasteiger partial charge in [0.2, 0.25) is 5.91 Å². The second-order valence-corrected chi connectivity index (χ2v) is 7.95. The molecule has 2 aliphatic rings. The van der Waals surface area contributed by atoms with Gasteiger partial charge in [-0.05, 0) is 49.2 Å². The summed E-state index contributed by atoms with van der Waals surface area (Å²) < 4.78 is 0. The molecule has 0 saturated carbocycles. The van der Waals surface area contributed by atoms with Crippen LogP contribution in [0.4, 0.5) is 17.2 Å². The summed E-state index contributed by atoms with van der Waals surface area (Å²) in [6.07, 6.45) is 7.03. The van der Waals surface area contributed by atoms with Crippen molar-refractivity contribution in [3.8, 4) is 0 Å². The van der Waals surface area contributed by atoms with E-state index in [4.69, 9.17) is 0 Å². The summed E-state index contributed by atoms with van der Waals surface area (Å²) >= 11 is 0. The molecular formula is C23H31N5O. The molecule has 0 spiro atoms. The zero-order valence-electron chi connectivity index (χ0n) is 17.1.